The highest BCUT2D eigenvalue weighted by molar-refractivity contribution is 7.91. The monoisotopic (exact) mass is 233 g/mol. The second-order valence-corrected chi connectivity index (χ2v) is 7.26. The molecule has 0 amide bonds. The Hall–Kier alpha value is -0.130. The average molecular weight is 233 g/mol. The van der Waals surface area contributed by atoms with Gasteiger partial charge in [0.2, 0.25) is 0 Å². The highest BCUT2D eigenvalue weighted by Crippen LogP contribution is 2.33. The third-order valence-corrected chi connectivity index (χ3v) is 5.08. The second-order valence-electron chi connectivity index (χ2n) is 4.93. The van der Waals surface area contributed by atoms with Crippen molar-refractivity contribution in [1.29, 1.82) is 0 Å². The van der Waals surface area contributed by atoms with Gasteiger partial charge in [-0.25, -0.2) is 8.42 Å². The van der Waals surface area contributed by atoms with Crippen molar-refractivity contribution in [2.24, 2.45) is 5.92 Å². The summed E-state index contributed by atoms with van der Waals surface area (Å²) >= 11 is 0. The molecule has 0 spiro atoms. The van der Waals surface area contributed by atoms with Gasteiger partial charge >= 0.3 is 0 Å². The fraction of sp³-hybridized carbons (Fsp3) is 1.00. The molecule has 0 aromatic heterocycles. The zero-order chi connectivity index (χ0) is 11.1. The Labute approximate surface area is 91.0 Å². The van der Waals surface area contributed by atoms with Gasteiger partial charge in [0.25, 0.3) is 0 Å². The summed E-state index contributed by atoms with van der Waals surface area (Å²) in [5, 5.41) is 12.7. The van der Waals surface area contributed by atoms with E-state index in [4.69, 9.17) is 0 Å². The van der Waals surface area contributed by atoms with Crippen LogP contribution < -0.4 is 5.32 Å². The molecule has 4 nitrogen and oxygen atoms in total. The Balaban J connectivity index is 1.63. The minimum atomic E-state index is -2.84. The number of hydrogen-bond donors (Lipinski definition) is 2. The van der Waals surface area contributed by atoms with E-state index in [1.54, 1.807) is 0 Å². The second kappa shape index (κ2) is 4.03. The first kappa shape index (κ1) is 11.4. The van der Waals surface area contributed by atoms with E-state index in [0.29, 0.717) is 25.3 Å². The van der Waals surface area contributed by atoms with Crippen LogP contribution in [-0.4, -0.2) is 43.7 Å². The summed E-state index contributed by atoms with van der Waals surface area (Å²) in [5.41, 5.74) is 0. The van der Waals surface area contributed by atoms with Crippen LogP contribution in [0.25, 0.3) is 0 Å². The fourth-order valence-electron chi connectivity index (χ4n) is 2.02. The molecule has 2 aliphatic rings. The van der Waals surface area contributed by atoms with E-state index in [1.807, 2.05) is 0 Å². The normalized spacial score (nSPS) is 33.5. The minimum Gasteiger partial charge on any atom is -0.392 e. The molecule has 1 atom stereocenters. The molecule has 88 valence electrons. The Kier molecular flexibility index (Phi) is 3.05. The van der Waals surface area contributed by atoms with Crippen molar-refractivity contribution in [3.05, 3.63) is 0 Å². The molecule has 0 heterocycles. The van der Waals surface area contributed by atoms with Crippen LogP contribution in [0.15, 0.2) is 0 Å². The topological polar surface area (TPSA) is 66.4 Å². The summed E-state index contributed by atoms with van der Waals surface area (Å²) in [6.07, 6.45) is 4.75. The number of nitrogens with one attached hydrogen (secondary N) is 1. The van der Waals surface area contributed by atoms with Crippen LogP contribution in [0.2, 0.25) is 0 Å². The van der Waals surface area contributed by atoms with Crippen LogP contribution >= 0.6 is 0 Å². The molecule has 0 aromatic carbocycles. The lowest BCUT2D eigenvalue weighted by Gasteiger charge is -2.35. The summed E-state index contributed by atoms with van der Waals surface area (Å²) in [6.45, 7) is 0.617. The van der Waals surface area contributed by atoms with Gasteiger partial charge < -0.3 is 10.4 Å². The smallest absolute Gasteiger partial charge is 0.150 e. The highest BCUT2D eigenvalue weighted by atomic mass is 32.2. The molecular weight excluding hydrogens is 214 g/mol. The van der Waals surface area contributed by atoms with Crippen molar-refractivity contribution in [3.8, 4) is 0 Å². The number of aliphatic hydroxyl groups is 1. The quantitative estimate of drug-likeness (QED) is 0.697. The van der Waals surface area contributed by atoms with Crippen LogP contribution in [0.5, 0.6) is 0 Å². The zero-order valence-electron chi connectivity index (χ0n) is 9.02. The van der Waals surface area contributed by atoms with Crippen LogP contribution in [0.4, 0.5) is 0 Å². The van der Waals surface area contributed by atoms with Crippen LogP contribution in [0, 0.1) is 5.92 Å². The molecule has 2 N–H and O–H groups in total. The first-order chi connectivity index (χ1) is 6.97. The van der Waals surface area contributed by atoms with E-state index in [1.165, 1.54) is 6.26 Å². The van der Waals surface area contributed by atoms with Gasteiger partial charge in [-0.05, 0) is 31.6 Å². The number of aliphatic hydroxyl groups excluding tert-OH is 1. The average Bonchev–Trinajstić information content (AvgIpc) is 2.79. The van der Waals surface area contributed by atoms with Gasteiger partial charge in [0.05, 0.1) is 11.4 Å². The predicted octanol–water partition coefficient (Wildman–Crippen LogP) is -0.0775. The summed E-state index contributed by atoms with van der Waals surface area (Å²) in [6, 6.07) is 0.290. The number of sulfone groups is 1. The van der Waals surface area contributed by atoms with Gasteiger partial charge in [0.1, 0.15) is 9.84 Å². The first-order valence-corrected chi connectivity index (χ1v) is 7.52. The summed E-state index contributed by atoms with van der Waals surface area (Å²) < 4.78 is 22.3. The van der Waals surface area contributed by atoms with Crippen LogP contribution in [0.3, 0.4) is 0 Å². The molecule has 2 fully saturated rings. The highest BCUT2D eigenvalue weighted by Gasteiger charge is 2.37. The minimum absolute atomic E-state index is 0.159. The molecule has 0 aromatic rings. The van der Waals surface area contributed by atoms with E-state index < -0.39 is 9.84 Å². The molecule has 0 aliphatic heterocycles. The van der Waals surface area contributed by atoms with E-state index in [-0.39, 0.29) is 17.4 Å². The summed E-state index contributed by atoms with van der Waals surface area (Å²) in [7, 11) is -2.84. The van der Waals surface area contributed by atoms with Crippen molar-refractivity contribution < 1.29 is 13.5 Å². The lowest BCUT2D eigenvalue weighted by molar-refractivity contribution is 0.138. The lowest BCUT2D eigenvalue weighted by atomic mass is 9.92. The molecule has 0 radical (unpaired) electrons. The lowest BCUT2D eigenvalue weighted by Crippen LogP contribution is -2.49. The van der Waals surface area contributed by atoms with E-state index in [0.717, 1.165) is 12.8 Å². The third-order valence-electron chi connectivity index (χ3n) is 3.48. The molecule has 15 heavy (non-hydrogen) atoms. The molecule has 1 unspecified atom stereocenters. The van der Waals surface area contributed by atoms with Gasteiger partial charge in [-0.2, -0.15) is 0 Å². The molecular formula is C10H19NO3S. The molecule has 2 rings (SSSR count). The SMILES string of the molecule is CS(=O)(=O)C1CC(NCC(O)C2CC2)C1. The van der Waals surface area contributed by atoms with Gasteiger partial charge in [0.15, 0.2) is 0 Å². The first-order valence-electron chi connectivity index (χ1n) is 5.57. The standard InChI is InChI=1S/C10H19NO3S/c1-15(13,14)9-4-8(5-9)11-6-10(12)7-2-3-7/h7-12H,2-6H2,1H3. The van der Waals surface area contributed by atoms with Crippen molar-refractivity contribution in [3.63, 3.8) is 0 Å². The van der Waals surface area contributed by atoms with E-state index in [2.05, 4.69) is 5.32 Å². The predicted molar refractivity (Wildman–Crippen MR) is 58.4 cm³/mol. The summed E-state index contributed by atoms with van der Waals surface area (Å²) in [5.74, 6) is 0.489. The van der Waals surface area contributed by atoms with Crippen LogP contribution in [-0.2, 0) is 9.84 Å². The molecule has 2 aliphatic carbocycles. The maximum atomic E-state index is 11.1. The van der Waals surface area contributed by atoms with Crippen molar-refractivity contribution >= 4 is 9.84 Å². The number of hydrogen-bond acceptors (Lipinski definition) is 4. The van der Waals surface area contributed by atoms with Gasteiger partial charge in [0, 0.05) is 18.8 Å². The zero-order valence-corrected chi connectivity index (χ0v) is 9.83. The van der Waals surface area contributed by atoms with Crippen LogP contribution in [0.1, 0.15) is 25.7 Å². The Morgan fingerprint density at radius 2 is 2.00 bits per heavy atom. The molecule has 0 saturated heterocycles. The van der Waals surface area contributed by atoms with E-state index >= 15 is 0 Å². The Bertz CT molecular complexity index is 318. The maximum absolute atomic E-state index is 11.1. The number of rotatable bonds is 5. The maximum Gasteiger partial charge on any atom is 0.150 e. The largest absolute Gasteiger partial charge is 0.392 e. The van der Waals surface area contributed by atoms with Crippen molar-refractivity contribution in [2.75, 3.05) is 12.8 Å². The summed E-state index contributed by atoms with van der Waals surface area (Å²) in [4.78, 5) is 0. The molecule has 0 bridgehead atoms. The van der Waals surface area contributed by atoms with Gasteiger partial charge in [-0.1, -0.05) is 0 Å². The third kappa shape index (κ3) is 2.92. The Morgan fingerprint density at radius 3 is 2.47 bits per heavy atom. The Morgan fingerprint density at radius 1 is 1.40 bits per heavy atom. The van der Waals surface area contributed by atoms with Crippen molar-refractivity contribution in [1.82, 2.24) is 5.32 Å². The van der Waals surface area contributed by atoms with E-state index in [9.17, 15) is 13.5 Å². The van der Waals surface area contributed by atoms with Crippen molar-refractivity contribution in [2.45, 2.75) is 43.1 Å². The molecule has 2 saturated carbocycles. The molecule has 5 heteroatoms. The van der Waals surface area contributed by atoms with Gasteiger partial charge in [-0.15, -0.1) is 0 Å². The van der Waals surface area contributed by atoms with Gasteiger partial charge in [-0.3, -0.25) is 0 Å². The fourth-order valence-corrected chi connectivity index (χ4v) is 3.18.